The Balaban J connectivity index is 3.31. The number of carbonyl (C=O) groups excluding carboxylic acids is 2. The van der Waals surface area contributed by atoms with Crippen molar-refractivity contribution in [1.29, 1.82) is 0 Å². The van der Waals surface area contributed by atoms with E-state index in [0.29, 0.717) is 4.47 Å². The molecule has 0 aromatic heterocycles. The molecule has 1 aromatic carbocycles. The summed E-state index contributed by atoms with van der Waals surface area (Å²) in [5, 5.41) is 2.36. The zero-order valence-electron chi connectivity index (χ0n) is 8.64. The lowest BCUT2D eigenvalue weighted by atomic mass is 10.1. The Labute approximate surface area is 99.9 Å². The molecule has 0 heterocycles. The predicted octanol–water partition coefficient (Wildman–Crippen LogP) is 2.33. The largest absolute Gasteiger partial charge is 0.465 e. The Morgan fingerprint density at radius 2 is 2.06 bits per heavy atom. The van der Waals surface area contributed by atoms with Crippen LogP contribution in [0.3, 0.4) is 0 Å². The van der Waals surface area contributed by atoms with Crippen LogP contribution in [0.15, 0.2) is 16.6 Å². The van der Waals surface area contributed by atoms with Gasteiger partial charge in [-0.15, -0.1) is 0 Å². The topological polar surface area (TPSA) is 55.4 Å². The molecule has 6 heteroatoms. The molecule has 0 bridgehead atoms. The summed E-state index contributed by atoms with van der Waals surface area (Å²) >= 11 is 3.06. The van der Waals surface area contributed by atoms with Crippen LogP contribution in [-0.4, -0.2) is 19.0 Å². The van der Waals surface area contributed by atoms with E-state index < -0.39 is 17.7 Å². The van der Waals surface area contributed by atoms with Gasteiger partial charge in [-0.1, -0.05) is 15.9 Å². The molecule has 0 radical (unpaired) electrons. The molecule has 1 N–H and O–H groups in total. The molecular weight excluding hydrogens is 281 g/mol. The van der Waals surface area contributed by atoms with Gasteiger partial charge in [0.05, 0.1) is 12.8 Å². The summed E-state index contributed by atoms with van der Waals surface area (Å²) in [6.07, 6.45) is 0. The highest BCUT2D eigenvalue weighted by molar-refractivity contribution is 9.10. The maximum atomic E-state index is 13.5. The number of carbonyl (C=O) groups is 2. The normalized spacial score (nSPS) is 9.75. The molecule has 16 heavy (non-hydrogen) atoms. The van der Waals surface area contributed by atoms with Crippen LogP contribution in [0.1, 0.15) is 17.3 Å². The van der Waals surface area contributed by atoms with Gasteiger partial charge in [-0.3, -0.25) is 4.79 Å². The van der Waals surface area contributed by atoms with Crippen LogP contribution in [0.25, 0.3) is 0 Å². The standard InChI is InChI=1S/C10H9BrFNO3/c1-5(14)13-8-4-6(11)3-7(12)9(8)10(15)16-2/h3-4H,1-2H3,(H,13,14). The van der Waals surface area contributed by atoms with Crippen molar-refractivity contribution in [3.63, 3.8) is 0 Å². The van der Waals surface area contributed by atoms with Gasteiger partial charge in [0.2, 0.25) is 5.91 Å². The molecule has 0 saturated carbocycles. The van der Waals surface area contributed by atoms with E-state index in [9.17, 15) is 14.0 Å². The summed E-state index contributed by atoms with van der Waals surface area (Å²) in [6.45, 7) is 1.26. The molecule has 0 aliphatic rings. The third-order valence-corrected chi connectivity index (χ3v) is 2.21. The molecule has 0 aliphatic carbocycles. The van der Waals surface area contributed by atoms with E-state index in [1.807, 2.05) is 0 Å². The van der Waals surface area contributed by atoms with E-state index >= 15 is 0 Å². The van der Waals surface area contributed by atoms with E-state index in [-0.39, 0.29) is 11.3 Å². The number of methoxy groups -OCH3 is 1. The highest BCUT2D eigenvalue weighted by Gasteiger charge is 2.19. The van der Waals surface area contributed by atoms with Crippen LogP contribution < -0.4 is 5.32 Å². The van der Waals surface area contributed by atoms with Crippen LogP contribution in [0.5, 0.6) is 0 Å². The summed E-state index contributed by atoms with van der Waals surface area (Å²) in [4.78, 5) is 22.2. The quantitative estimate of drug-likeness (QED) is 0.850. The molecule has 1 rings (SSSR count). The summed E-state index contributed by atoms with van der Waals surface area (Å²) in [5.74, 6) is -2.00. The Morgan fingerprint density at radius 3 is 2.56 bits per heavy atom. The smallest absolute Gasteiger partial charge is 0.342 e. The summed E-state index contributed by atoms with van der Waals surface area (Å²) in [5.41, 5.74) is -0.216. The number of halogens is 2. The Kier molecular flexibility index (Phi) is 4.00. The minimum Gasteiger partial charge on any atom is -0.465 e. The van der Waals surface area contributed by atoms with Gasteiger partial charge in [-0.05, 0) is 12.1 Å². The van der Waals surface area contributed by atoms with E-state index in [1.165, 1.54) is 13.0 Å². The number of hydrogen-bond donors (Lipinski definition) is 1. The monoisotopic (exact) mass is 289 g/mol. The molecule has 0 unspecified atom stereocenters. The molecule has 1 amide bonds. The maximum Gasteiger partial charge on any atom is 0.342 e. The minimum absolute atomic E-state index is 0.0752. The molecular formula is C10H9BrFNO3. The summed E-state index contributed by atoms with van der Waals surface area (Å²) in [7, 11) is 1.14. The number of esters is 1. The van der Waals surface area contributed by atoms with Crippen molar-refractivity contribution in [3.8, 4) is 0 Å². The van der Waals surface area contributed by atoms with Gasteiger partial charge in [0, 0.05) is 11.4 Å². The van der Waals surface area contributed by atoms with Crippen molar-refractivity contribution < 1.29 is 18.7 Å². The van der Waals surface area contributed by atoms with Crippen LogP contribution in [0, 0.1) is 5.82 Å². The second kappa shape index (κ2) is 5.07. The van der Waals surface area contributed by atoms with E-state index in [1.54, 1.807) is 0 Å². The SMILES string of the molecule is COC(=O)c1c(F)cc(Br)cc1NC(C)=O. The number of nitrogens with one attached hydrogen (secondary N) is 1. The van der Waals surface area contributed by atoms with Gasteiger partial charge in [0.1, 0.15) is 11.4 Å². The number of ether oxygens (including phenoxy) is 1. The van der Waals surface area contributed by atoms with Crippen LogP contribution in [-0.2, 0) is 9.53 Å². The number of benzene rings is 1. The summed E-state index contributed by atoms with van der Waals surface area (Å²) in [6, 6.07) is 2.55. The lowest BCUT2D eigenvalue weighted by molar-refractivity contribution is -0.114. The molecule has 0 atom stereocenters. The van der Waals surface area contributed by atoms with Crippen molar-refractivity contribution in [3.05, 3.63) is 28.0 Å². The molecule has 0 saturated heterocycles. The maximum absolute atomic E-state index is 13.5. The van der Waals surface area contributed by atoms with Gasteiger partial charge in [0.15, 0.2) is 0 Å². The summed E-state index contributed by atoms with van der Waals surface area (Å²) < 4.78 is 18.4. The van der Waals surface area contributed by atoms with Gasteiger partial charge in [0.25, 0.3) is 0 Å². The van der Waals surface area contributed by atoms with Gasteiger partial charge in [-0.25, -0.2) is 9.18 Å². The lowest BCUT2D eigenvalue weighted by Crippen LogP contribution is -2.13. The van der Waals surface area contributed by atoms with Crippen molar-refractivity contribution in [2.75, 3.05) is 12.4 Å². The van der Waals surface area contributed by atoms with Gasteiger partial charge >= 0.3 is 5.97 Å². The highest BCUT2D eigenvalue weighted by atomic mass is 79.9. The van der Waals surface area contributed by atoms with Crippen LogP contribution >= 0.6 is 15.9 Å². The molecule has 1 aromatic rings. The molecule has 86 valence electrons. The molecule has 0 spiro atoms. The first kappa shape index (κ1) is 12.6. The third kappa shape index (κ3) is 2.79. The van der Waals surface area contributed by atoms with Crippen molar-refractivity contribution >= 4 is 33.5 Å². The lowest BCUT2D eigenvalue weighted by Gasteiger charge is -2.09. The fourth-order valence-corrected chi connectivity index (χ4v) is 1.60. The fraction of sp³-hybridized carbons (Fsp3) is 0.200. The van der Waals surface area contributed by atoms with Crippen molar-refractivity contribution in [1.82, 2.24) is 0 Å². The van der Waals surface area contributed by atoms with Crippen molar-refractivity contribution in [2.45, 2.75) is 6.92 Å². The minimum atomic E-state index is -0.839. The predicted molar refractivity (Wildman–Crippen MR) is 59.7 cm³/mol. The van der Waals surface area contributed by atoms with Crippen LogP contribution in [0.4, 0.5) is 10.1 Å². The van der Waals surface area contributed by atoms with Gasteiger partial charge in [-0.2, -0.15) is 0 Å². The van der Waals surface area contributed by atoms with Crippen LogP contribution in [0.2, 0.25) is 0 Å². The average molecular weight is 290 g/mol. The van der Waals surface area contributed by atoms with E-state index in [2.05, 4.69) is 26.0 Å². The first-order valence-electron chi connectivity index (χ1n) is 4.30. The fourth-order valence-electron chi connectivity index (χ4n) is 1.17. The zero-order chi connectivity index (χ0) is 12.3. The van der Waals surface area contributed by atoms with Crippen molar-refractivity contribution in [2.24, 2.45) is 0 Å². The first-order valence-corrected chi connectivity index (χ1v) is 5.10. The first-order chi connectivity index (χ1) is 7.45. The Bertz CT molecular complexity index is 448. The Morgan fingerprint density at radius 1 is 1.44 bits per heavy atom. The third-order valence-electron chi connectivity index (χ3n) is 1.76. The second-order valence-corrected chi connectivity index (χ2v) is 3.90. The number of rotatable bonds is 2. The van der Waals surface area contributed by atoms with E-state index in [0.717, 1.165) is 13.2 Å². The average Bonchev–Trinajstić information content (AvgIpc) is 2.14. The number of amides is 1. The highest BCUT2D eigenvalue weighted by Crippen LogP contribution is 2.25. The van der Waals surface area contributed by atoms with E-state index in [4.69, 9.17) is 0 Å². The zero-order valence-corrected chi connectivity index (χ0v) is 10.2. The second-order valence-electron chi connectivity index (χ2n) is 2.98. The molecule has 0 fully saturated rings. The van der Waals surface area contributed by atoms with Gasteiger partial charge < -0.3 is 10.1 Å². The number of hydrogen-bond acceptors (Lipinski definition) is 3. The number of anilines is 1. The molecule has 0 aliphatic heterocycles. The Hall–Kier alpha value is -1.43. The molecule has 4 nitrogen and oxygen atoms in total.